The third kappa shape index (κ3) is 2.29. The standard InChI is InChI=1S/C16H10N2S/c19-11-17-16-10-15(12-6-2-1-3-7-12)18-14-9-5-4-8-13(14)16/h1-10H. The minimum Gasteiger partial charge on any atom is -0.248 e. The molecular formula is C16H10N2S. The van der Waals surface area contributed by atoms with E-state index in [1.54, 1.807) is 0 Å². The molecule has 3 rings (SSSR count). The second-order valence-corrected chi connectivity index (χ2v) is 4.30. The first-order chi connectivity index (χ1) is 9.38. The van der Waals surface area contributed by atoms with Gasteiger partial charge in [-0.3, -0.25) is 0 Å². The molecule has 0 aliphatic carbocycles. The van der Waals surface area contributed by atoms with Crippen LogP contribution in [0.4, 0.5) is 5.69 Å². The van der Waals surface area contributed by atoms with Crippen molar-refractivity contribution in [3.05, 3.63) is 60.7 Å². The van der Waals surface area contributed by atoms with Gasteiger partial charge in [-0.05, 0) is 24.4 Å². The maximum Gasteiger partial charge on any atom is 0.0855 e. The van der Waals surface area contributed by atoms with Crippen LogP contribution in [0.3, 0.4) is 0 Å². The van der Waals surface area contributed by atoms with E-state index in [1.165, 1.54) is 0 Å². The van der Waals surface area contributed by atoms with Gasteiger partial charge in [-0.25, -0.2) is 4.98 Å². The van der Waals surface area contributed by atoms with Crippen molar-refractivity contribution in [2.75, 3.05) is 0 Å². The fourth-order valence-corrected chi connectivity index (χ4v) is 2.15. The lowest BCUT2D eigenvalue weighted by atomic mass is 10.1. The van der Waals surface area contributed by atoms with E-state index in [4.69, 9.17) is 12.2 Å². The zero-order chi connectivity index (χ0) is 13.1. The van der Waals surface area contributed by atoms with Gasteiger partial charge in [-0.2, -0.15) is 4.99 Å². The summed E-state index contributed by atoms with van der Waals surface area (Å²) in [5, 5.41) is 3.42. The number of thiocarbonyl (C=S) groups is 1. The monoisotopic (exact) mass is 262 g/mol. The highest BCUT2D eigenvalue weighted by Gasteiger charge is 2.06. The molecular weight excluding hydrogens is 252 g/mol. The summed E-state index contributed by atoms with van der Waals surface area (Å²) in [7, 11) is 0. The lowest BCUT2D eigenvalue weighted by Crippen LogP contribution is -1.85. The fourth-order valence-electron chi connectivity index (χ4n) is 2.06. The quantitative estimate of drug-likeness (QED) is 0.496. The highest BCUT2D eigenvalue weighted by Crippen LogP contribution is 2.29. The van der Waals surface area contributed by atoms with Crippen molar-refractivity contribution >= 4 is 34.0 Å². The van der Waals surface area contributed by atoms with Crippen LogP contribution in [0.5, 0.6) is 0 Å². The third-order valence-electron chi connectivity index (χ3n) is 2.93. The smallest absolute Gasteiger partial charge is 0.0855 e. The Morgan fingerprint density at radius 1 is 0.947 bits per heavy atom. The molecule has 3 aromatic rings. The largest absolute Gasteiger partial charge is 0.248 e. The number of rotatable bonds is 2. The maximum atomic E-state index is 4.72. The molecule has 0 saturated carbocycles. The van der Waals surface area contributed by atoms with Gasteiger partial charge in [0.1, 0.15) is 0 Å². The summed E-state index contributed by atoms with van der Waals surface area (Å²) in [6, 6.07) is 19.9. The highest BCUT2D eigenvalue weighted by atomic mass is 32.1. The number of aliphatic imine (C=N–C) groups is 1. The van der Waals surface area contributed by atoms with Gasteiger partial charge in [-0.1, -0.05) is 48.5 Å². The molecule has 0 radical (unpaired) electrons. The maximum absolute atomic E-state index is 4.72. The van der Waals surface area contributed by atoms with E-state index in [0.29, 0.717) is 0 Å². The summed E-state index contributed by atoms with van der Waals surface area (Å²) >= 11 is 4.72. The number of pyridine rings is 1. The molecule has 0 N–H and O–H groups in total. The van der Waals surface area contributed by atoms with Crippen LogP contribution >= 0.6 is 12.2 Å². The molecule has 1 aromatic heterocycles. The molecule has 0 bridgehead atoms. The zero-order valence-corrected chi connectivity index (χ0v) is 10.9. The number of aromatic nitrogens is 1. The molecule has 0 atom stereocenters. The molecule has 3 heteroatoms. The molecule has 0 aliphatic heterocycles. The van der Waals surface area contributed by atoms with Crippen molar-refractivity contribution in [1.82, 2.24) is 4.98 Å². The highest BCUT2D eigenvalue weighted by molar-refractivity contribution is 7.78. The van der Waals surface area contributed by atoms with E-state index in [1.807, 2.05) is 60.7 Å². The van der Waals surface area contributed by atoms with Gasteiger partial charge in [-0.15, -0.1) is 0 Å². The molecule has 19 heavy (non-hydrogen) atoms. The van der Waals surface area contributed by atoms with Crippen LogP contribution in [0, 0.1) is 0 Å². The molecule has 2 aromatic carbocycles. The van der Waals surface area contributed by atoms with Crippen molar-refractivity contribution in [3.63, 3.8) is 0 Å². The first-order valence-electron chi connectivity index (χ1n) is 5.91. The van der Waals surface area contributed by atoms with Crippen LogP contribution in [0.2, 0.25) is 0 Å². The first kappa shape index (κ1) is 11.7. The van der Waals surface area contributed by atoms with E-state index in [2.05, 4.69) is 15.1 Å². The number of isothiocyanates is 1. The Morgan fingerprint density at radius 3 is 2.47 bits per heavy atom. The Labute approximate surface area is 116 Å². The summed E-state index contributed by atoms with van der Waals surface area (Å²) < 4.78 is 0. The van der Waals surface area contributed by atoms with Crippen molar-refractivity contribution in [2.24, 2.45) is 4.99 Å². The number of hydrogen-bond acceptors (Lipinski definition) is 3. The van der Waals surface area contributed by atoms with Crippen LogP contribution in [-0.2, 0) is 0 Å². The lowest BCUT2D eigenvalue weighted by Gasteiger charge is -2.05. The number of benzene rings is 2. The van der Waals surface area contributed by atoms with Gasteiger partial charge < -0.3 is 0 Å². The molecule has 0 saturated heterocycles. The predicted molar refractivity (Wildman–Crippen MR) is 81.9 cm³/mol. The summed E-state index contributed by atoms with van der Waals surface area (Å²) in [6.07, 6.45) is 0. The Kier molecular flexibility index (Phi) is 3.15. The summed E-state index contributed by atoms with van der Waals surface area (Å²) in [6.45, 7) is 0. The molecule has 0 amide bonds. The fraction of sp³-hybridized carbons (Fsp3) is 0. The van der Waals surface area contributed by atoms with Crippen molar-refractivity contribution in [1.29, 1.82) is 0 Å². The van der Waals surface area contributed by atoms with Gasteiger partial charge in [0.2, 0.25) is 0 Å². The van der Waals surface area contributed by atoms with Crippen molar-refractivity contribution in [3.8, 4) is 11.3 Å². The molecule has 90 valence electrons. The zero-order valence-electron chi connectivity index (χ0n) is 10.1. The van der Waals surface area contributed by atoms with Gasteiger partial charge in [0.15, 0.2) is 0 Å². The van der Waals surface area contributed by atoms with Gasteiger partial charge in [0, 0.05) is 10.9 Å². The Balaban J connectivity index is 2.31. The van der Waals surface area contributed by atoms with Gasteiger partial charge in [0.25, 0.3) is 0 Å². The van der Waals surface area contributed by atoms with E-state index < -0.39 is 0 Å². The van der Waals surface area contributed by atoms with E-state index >= 15 is 0 Å². The van der Waals surface area contributed by atoms with Crippen molar-refractivity contribution in [2.45, 2.75) is 0 Å². The normalized spacial score (nSPS) is 10.1. The predicted octanol–water partition coefficient (Wildman–Crippen LogP) is 4.64. The molecule has 0 spiro atoms. The Morgan fingerprint density at radius 2 is 1.68 bits per heavy atom. The number of hydrogen-bond donors (Lipinski definition) is 0. The van der Waals surface area contributed by atoms with Crippen LogP contribution in [0.15, 0.2) is 65.7 Å². The molecule has 0 unspecified atom stereocenters. The average Bonchev–Trinajstić information content (AvgIpc) is 2.48. The molecule has 2 nitrogen and oxygen atoms in total. The third-order valence-corrected chi connectivity index (χ3v) is 3.02. The van der Waals surface area contributed by atoms with E-state index in [9.17, 15) is 0 Å². The van der Waals surface area contributed by atoms with Crippen LogP contribution < -0.4 is 0 Å². The Hall–Kier alpha value is -2.35. The molecule has 0 aliphatic rings. The first-order valence-corrected chi connectivity index (χ1v) is 6.32. The summed E-state index contributed by atoms with van der Waals surface area (Å²) in [5.41, 5.74) is 3.67. The molecule has 0 fully saturated rings. The number of nitrogens with zero attached hydrogens (tertiary/aromatic N) is 2. The minimum atomic E-state index is 0.805. The number of para-hydroxylation sites is 1. The van der Waals surface area contributed by atoms with Crippen LogP contribution in [-0.4, -0.2) is 10.1 Å². The topological polar surface area (TPSA) is 25.2 Å². The molecule has 1 heterocycles. The van der Waals surface area contributed by atoms with Crippen LogP contribution in [0.1, 0.15) is 0 Å². The summed E-state index contributed by atoms with van der Waals surface area (Å²) in [5.74, 6) is 0. The average molecular weight is 262 g/mol. The minimum absolute atomic E-state index is 0.805. The second kappa shape index (κ2) is 5.11. The van der Waals surface area contributed by atoms with E-state index in [-0.39, 0.29) is 0 Å². The van der Waals surface area contributed by atoms with Gasteiger partial charge in [0.05, 0.1) is 22.1 Å². The Bertz CT molecular complexity index is 775. The lowest BCUT2D eigenvalue weighted by molar-refractivity contribution is 1.39. The van der Waals surface area contributed by atoms with Gasteiger partial charge >= 0.3 is 0 Å². The number of fused-ring (bicyclic) bond motifs is 1. The SMILES string of the molecule is S=C=Nc1cc(-c2ccccc2)nc2ccccc12. The summed E-state index contributed by atoms with van der Waals surface area (Å²) in [4.78, 5) is 8.81. The second-order valence-electron chi connectivity index (χ2n) is 4.11. The van der Waals surface area contributed by atoms with E-state index in [0.717, 1.165) is 27.8 Å². The van der Waals surface area contributed by atoms with Crippen molar-refractivity contribution < 1.29 is 0 Å². The van der Waals surface area contributed by atoms with Crippen LogP contribution in [0.25, 0.3) is 22.2 Å².